The second-order valence-electron chi connectivity index (χ2n) is 4.43. The summed E-state index contributed by atoms with van der Waals surface area (Å²) >= 11 is 0. The van der Waals surface area contributed by atoms with Crippen molar-refractivity contribution in [2.75, 3.05) is 12.4 Å². The second kappa shape index (κ2) is 7.59. The van der Waals surface area contributed by atoms with Crippen molar-refractivity contribution in [1.82, 2.24) is 0 Å². The van der Waals surface area contributed by atoms with E-state index in [0.29, 0.717) is 18.7 Å². The fourth-order valence-electron chi connectivity index (χ4n) is 2.03. The van der Waals surface area contributed by atoms with Gasteiger partial charge in [0.25, 0.3) is 0 Å². The van der Waals surface area contributed by atoms with Gasteiger partial charge in [-0.15, -0.1) is 0 Å². The Hall–Kier alpha value is -2.14. The smallest absolute Gasteiger partial charge is 0.387 e. The molecule has 21 heavy (non-hydrogen) atoms. The summed E-state index contributed by atoms with van der Waals surface area (Å²) in [6.07, 6.45) is 0. The van der Waals surface area contributed by atoms with E-state index in [1.54, 1.807) is 25.3 Å². The highest BCUT2D eigenvalue weighted by atomic mass is 19.3. The van der Waals surface area contributed by atoms with Gasteiger partial charge >= 0.3 is 6.61 Å². The molecule has 0 aliphatic carbocycles. The molecule has 0 fully saturated rings. The molecule has 0 aliphatic heterocycles. The zero-order valence-corrected chi connectivity index (χ0v) is 11.7. The van der Waals surface area contributed by atoms with Gasteiger partial charge in [-0.25, -0.2) is 0 Å². The number of para-hydroxylation sites is 2. The topological polar surface area (TPSA) is 30.5 Å². The van der Waals surface area contributed by atoms with Crippen molar-refractivity contribution in [3.05, 3.63) is 59.7 Å². The van der Waals surface area contributed by atoms with Gasteiger partial charge in [0.1, 0.15) is 5.75 Å². The summed E-state index contributed by atoms with van der Waals surface area (Å²) in [4.78, 5) is 0. The van der Waals surface area contributed by atoms with Crippen molar-refractivity contribution < 1.29 is 18.3 Å². The number of hydrogen-bond acceptors (Lipinski definition) is 3. The molecule has 1 N–H and O–H groups in total. The Bertz CT molecular complexity index is 576. The third-order valence-electron chi connectivity index (χ3n) is 2.98. The van der Waals surface area contributed by atoms with Gasteiger partial charge in [0.05, 0.1) is 6.61 Å². The fraction of sp³-hybridized carbons (Fsp3) is 0.250. The average Bonchev–Trinajstić information content (AvgIpc) is 2.47. The van der Waals surface area contributed by atoms with Crippen LogP contribution in [0.5, 0.6) is 5.75 Å². The van der Waals surface area contributed by atoms with Crippen LogP contribution in [0.1, 0.15) is 11.1 Å². The molecule has 0 heterocycles. The maximum absolute atomic E-state index is 12.4. The number of hydrogen-bond donors (Lipinski definition) is 1. The molecular formula is C16H17F2NO2. The Balaban J connectivity index is 2.10. The summed E-state index contributed by atoms with van der Waals surface area (Å²) in [6.45, 7) is -1.95. The number of alkyl halides is 2. The summed E-state index contributed by atoms with van der Waals surface area (Å²) in [5.74, 6) is 0.184. The lowest BCUT2D eigenvalue weighted by Gasteiger charge is -2.14. The normalized spacial score (nSPS) is 10.7. The van der Waals surface area contributed by atoms with E-state index >= 15 is 0 Å². The Labute approximate surface area is 122 Å². The average molecular weight is 293 g/mol. The molecule has 0 amide bonds. The van der Waals surface area contributed by atoms with Gasteiger partial charge in [0.2, 0.25) is 0 Å². The van der Waals surface area contributed by atoms with Gasteiger partial charge in [-0.05, 0) is 12.1 Å². The van der Waals surface area contributed by atoms with Crippen LogP contribution in [0.3, 0.4) is 0 Å². The monoisotopic (exact) mass is 293 g/mol. The van der Waals surface area contributed by atoms with E-state index in [-0.39, 0.29) is 5.75 Å². The van der Waals surface area contributed by atoms with Crippen LogP contribution in [-0.4, -0.2) is 13.7 Å². The van der Waals surface area contributed by atoms with E-state index in [9.17, 15) is 8.78 Å². The maximum atomic E-state index is 12.4. The lowest BCUT2D eigenvalue weighted by molar-refractivity contribution is -0.0504. The lowest BCUT2D eigenvalue weighted by atomic mass is 10.1. The van der Waals surface area contributed by atoms with E-state index in [4.69, 9.17) is 4.74 Å². The molecule has 0 unspecified atom stereocenters. The third-order valence-corrected chi connectivity index (χ3v) is 2.98. The van der Waals surface area contributed by atoms with Crippen LogP contribution in [0.2, 0.25) is 0 Å². The Morgan fingerprint density at radius 2 is 1.67 bits per heavy atom. The summed E-state index contributed by atoms with van der Waals surface area (Å²) < 4.78 is 34.4. The van der Waals surface area contributed by atoms with Crippen LogP contribution in [0, 0.1) is 0 Å². The van der Waals surface area contributed by atoms with E-state index < -0.39 is 6.61 Å². The van der Waals surface area contributed by atoms with Gasteiger partial charge in [-0.3, -0.25) is 0 Å². The van der Waals surface area contributed by atoms with Crippen molar-refractivity contribution in [1.29, 1.82) is 0 Å². The highest BCUT2D eigenvalue weighted by Crippen LogP contribution is 2.23. The Kier molecular flexibility index (Phi) is 5.51. The first-order valence-corrected chi connectivity index (χ1v) is 6.54. The summed E-state index contributed by atoms with van der Waals surface area (Å²) in [5, 5.41) is 3.22. The molecule has 2 aromatic rings. The van der Waals surface area contributed by atoms with E-state index in [2.05, 4.69) is 10.1 Å². The van der Waals surface area contributed by atoms with Crippen LogP contribution in [0.25, 0.3) is 0 Å². The number of benzene rings is 2. The highest BCUT2D eigenvalue weighted by molar-refractivity contribution is 5.51. The zero-order valence-electron chi connectivity index (χ0n) is 11.7. The number of nitrogens with one attached hydrogen (secondary N) is 1. The molecule has 0 aliphatic rings. The lowest BCUT2D eigenvalue weighted by Crippen LogP contribution is -2.08. The van der Waals surface area contributed by atoms with Crippen molar-refractivity contribution in [2.45, 2.75) is 19.8 Å². The number of methoxy groups -OCH3 is 1. The Morgan fingerprint density at radius 1 is 1.00 bits per heavy atom. The van der Waals surface area contributed by atoms with Crippen LogP contribution in [0.15, 0.2) is 48.5 Å². The van der Waals surface area contributed by atoms with Gasteiger partial charge in [-0.1, -0.05) is 36.4 Å². The highest BCUT2D eigenvalue weighted by Gasteiger charge is 2.09. The quantitative estimate of drug-likeness (QED) is 0.835. The molecule has 2 aromatic carbocycles. The van der Waals surface area contributed by atoms with Crippen molar-refractivity contribution >= 4 is 5.69 Å². The van der Waals surface area contributed by atoms with Gasteiger partial charge in [-0.2, -0.15) is 8.78 Å². The number of halogens is 2. The van der Waals surface area contributed by atoms with Crippen molar-refractivity contribution in [2.24, 2.45) is 0 Å². The molecule has 0 saturated heterocycles. The molecule has 0 spiro atoms. The molecule has 0 atom stereocenters. The van der Waals surface area contributed by atoms with E-state index in [0.717, 1.165) is 11.3 Å². The summed E-state index contributed by atoms with van der Waals surface area (Å²) in [7, 11) is 1.63. The minimum atomic E-state index is -2.83. The molecule has 5 heteroatoms. The molecule has 112 valence electrons. The maximum Gasteiger partial charge on any atom is 0.387 e. The predicted molar refractivity (Wildman–Crippen MR) is 77.6 cm³/mol. The molecule has 0 bridgehead atoms. The third kappa shape index (κ3) is 4.43. The Morgan fingerprint density at radius 3 is 2.38 bits per heavy atom. The molecule has 0 radical (unpaired) electrons. The molecule has 3 nitrogen and oxygen atoms in total. The summed E-state index contributed by atoms with van der Waals surface area (Å²) in [6, 6.07) is 14.4. The molecule has 0 aromatic heterocycles. The second-order valence-corrected chi connectivity index (χ2v) is 4.43. The first kappa shape index (κ1) is 15.3. The van der Waals surface area contributed by atoms with Crippen LogP contribution < -0.4 is 10.1 Å². The van der Waals surface area contributed by atoms with Crippen LogP contribution >= 0.6 is 0 Å². The van der Waals surface area contributed by atoms with Gasteiger partial charge in [0, 0.05) is 30.5 Å². The number of rotatable bonds is 7. The van der Waals surface area contributed by atoms with Gasteiger partial charge in [0.15, 0.2) is 0 Å². The SMILES string of the molecule is COCc1ccccc1NCc1ccccc1OC(F)F. The molecular weight excluding hydrogens is 276 g/mol. The minimum Gasteiger partial charge on any atom is -0.434 e. The standard InChI is InChI=1S/C16H17F2NO2/c1-20-11-13-7-2-4-8-14(13)19-10-12-6-3-5-9-15(12)21-16(17)18/h2-9,16,19H,10-11H2,1H3. The molecule has 2 rings (SSSR count). The molecule has 0 saturated carbocycles. The fourth-order valence-corrected chi connectivity index (χ4v) is 2.03. The van der Waals surface area contributed by atoms with Crippen LogP contribution in [-0.2, 0) is 17.9 Å². The predicted octanol–water partition coefficient (Wildman–Crippen LogP) is 4.05. The van der Waals surface area contributed by atoms with Crippen LogP contribution in [0.4, 0.5) is 14.5 Å². The van der Waals surface area contributed by atoms with Gasteiger partial charge < -0.3 is 14.8 Å². The minimum absolute atomic E-state index is 0.184. The van der Waals surface area contributed by atoms with Crippen molar-refractivity contribution in [3.8, 4) is 5.75 Å². The van der Waals surface area contributed by atoms with E-state index in [1.807, 2.05) is 24.3 Å². The van der Waals surface area contributed by atoms with Crippen molar-refractivity contribution in [3.63, 3.8) is 0 Å². The number of ether oxygens (including phenoxy) is 2. The largest absolute Gasteiger partial charge is 0.434 e. The van der Waals surface area contributed by atoms with E-state index in [1.165, 1.54) is 6.07 Å². The summed E-state index contributed by atoms with van der Waals surface area (Å²) in [5.41, 5.74) is 2.59. The number of anilines is 1. The zero-order chi connectivity index (χ0) is 15.1. The first-order chi connectivity index (χ1) is 10.2. The first-order valence-electron chi connectivity index (χ1n) is 6.54.